The number of benzene rings is 1. The molecule has 1 saturated heterocycles. The summed E-state index contributed by atoms with van der Waals surface area (Å²) in [6.07, 6.45) is -11.5. The largest absolute Gasteiger partial charge is 0.500 e. The minimum Gasteiger partial charge on any atom is -0.500 e. The van der Waals surface area contributed by atoms with E-state index in [-0.39, 0.29) is 30.5 Å². The van der Waals surface area contributed by atoms with Gasteiger partial charge in [0.15, 0.2) is 0 Å². The van der Waals surface area contributed by atoms with Crippen LogP contribution in [-0.2, 0) is 21.8 Å². The molecule has 0 saturated carbocycles. The molecule has 2 aliphatic heterocycles. The molecule has 0 bridgehead atoms. The molecule has 4 unspecified atom stereocenters. The van der Waals surface area contributed by atoms with E-state index in [1.54, 1.807) is 6.92 Å². The third-order valence-corrected chi connectivity index (χ3v) is 8.03. The fourth-order valence-corrected chi connectivity index (χ4v) is 5.80. The first-order valence-electron chi connectivity index (χ1n) is 13.4. The van der Waals surface area contributed by atoms with E-state index in [4.69, 9.17) is 9.47 Å². The lowest BCUT2D eigenvalue weighted by Crippen LogP contribution is -2.41. The monoisotopic (exact) mass is 592 g/mol. The highest BCUT2D eigenvalue weighted by Crippen LogP contribution is 2.43. The van der Waals surface area contributed by atoms with Gasteiger partial charge in [-0.25, -0.2) is 9.29 Å². The Labute approximate surface area is 234 Å². The Morgan fingerprint density at radius 2 is 1.68 bits per heavy atom. The molecule has 228 valence electrons. The smallest absolute Gasteiger partial charge is 0.416 e. The first-order chi connectivity index (χ1) is 19.0. The normalized spacial score (nSPS) is 27.2. The predicted molar refractivity (Wildman–Crippen MR) is 138 cm³/mol. The van der Waals surface area contributed by atoms with Gasteiger partial charge < -0.3 is 19.5 Å². The first kappa shape index (κ1) is 31.5. The van der Waals surface area contributed by atoms with Crippen LogP contribution in [0.1, 0.15) is 56.4 Å². The molecule has 1 aromatic carbocycles. The van der Waals surface area contributed by atoms with Crippen molar-refractivity contribution in [1.82, 2.24) is 9.80 Å². The van der Waals surface area contributed by atoms with Crippen molar-refractivity contribution in [2.75, 3.05) is 33.8 Å². The second-order valence-electron chi connectivity index (χ2n) is 11.2. The van der Waals surface area contributed by atoms with E-state index >= 15 is 0 Å². The van der Waals surface area contributed by atoms with E-state index in [0.717, 1.165) is 16.7 Å². The van der Waals surface area contributed by atoms with Crippen LogP contribution in [0.15, 0.2) is 52.3 Å². The van der Waals surface area contributed by atoms with Crippen LogP contribution >= 0.6 is 0 Å². The minimum atomic E-state index is -5.00. The molecule has 1 N–H and O–H groups in total. The van der Waals surface area contributed by atoms with Gasteiger partial charge in [-0.1, -0.05) is 13.8 Å². The third kappa shape index (κ3) is 6.65. The van der Waals surface area contributed by atoms with Gasteiger partial charge in [0, 0.05) is 37.7 Å². The van der Waals surface area contributed by atoms with Crippen molar-refractivity contribution < 1.29 is 45.3 Å². The van der Waals surface area contributed by atoms with E-state index in [9.17, 15) is 35.8 Å². The molecule has 0 amide bonds. The summed E-state index contributed by atoms with van der Waals surface area (Å²) in [5.74, 6) is 0.476. The van der Waals surface area contributed by atoms with Crippen LogP contribution in [0.2, 0.25) is 0 Å². The van der Waals surface area contributed by atoms with E-state index in [0.29, 0.717) is 43.0 Å². The Balaban J connectivity index is 1.71. The Bertz CT molecular complexity index is 1200. The molecule has 0 aromatic heterocycles. The number of rotatable bonds is 6. The number of hydrogen-bond acceptors (Lipinski definition) is 5. The molecular weight excluding hydrogens is 557 g/mol. The van der Waals surface area contributed by atoms with Crippen molar-refractivity contribution >= 4 is 0 Å². The molecule has 1 aliphatic carbocycles. The van der Waals surface area contributed by atoms with Crippen LogP contribution in [-0.4, -0.2) is 67.3 Å². The summed E-state index contributed by atoms with van der Waals surface area (Å²) in [4.78, 5) is 3.57. The van der Waals surface area contributed by atoms with Crippen LogP contribution < -0.4 is 0 Å². The maximum atomic E-state index is 14.9. The third-order valence-electron chi connectivity index (χ3n) is 8.03. The Hall–Kier alpha value is -2.41. The van der Waals surface area contributed by atoms with Gasteiger partial charge >= 0.3 is 12.4 Å². The maximum Gasteiger partial charge on any atom is 0.416 e. The predicted octanol–water partition coefficient (Wildman–Crippen LogP) is 6.62. The summed E-state index contributed by atoms with van der Waals surface area (Å²) >= 11 is 0. The Morgan fingerprint density at radius 3 is 2.22 bits per heavy atom. The molecule has 3 aliphatic rings. The van der Waals surface area contributed by atoms with E-state index < -0.39 is 48.2 Å². The number of nitrogens with zero attached hydrogens (tertiary/aromatic N) is 2. The number of aliphatic hydroxyl groups is 1. The lowest BCUT2D eigenvalue weighted by atomic mass is 9.83. The summed E-state index contributed by atoms with van der Waals surface area (Å²) in [6, 6.07) is 0.567. The summed E-state index contributed by atoms with van der Waals surface area (Å²) in [5, 5.41) is 10.8. The van der Waals surface area contributed by atoms with Crippen LogP contribution in [0.25, 0.3) is 0 Å². The highest BCUT2D eigenvalue weighted by molar-refractivity contribution is 5.51. The molecule has 5 nitrogen and oxygen atoms in total. The van der Waals surface area contributed by atoms with Gasteiger partial charge in [-0.15, -0.1) is 0 Å². The lowest BCUT2D eigenvalue weighted by Gasteiger charge is -2.34. The number of aliphatic hydroxyl groups excluding tert-OH is 1. The molecule has 0 radical (unpaired) electrons. The SMILES string of the molecule is COC1=C(C2=C(CN3C(O)OC(c4cc(C(F)(F)F)cc(C(F)(F)F)c4)C3C)CN(C)CC2)C=C(C(C)C)C(F)C1. The maximum absolute atomic E-state index is 14.9. The molecule has 4 atom stereocenters. The number of methoxy groups -OCH3 is 1. The van der Waals surface area contributed by atoms with E-state index in [2.05, 4.69) is 4.90 Å². The van der Waals surface area contributed by atoms with Gasteiger partial charge in [-0.05, 0) is 72.9 Å². The summed E-state index contributed by atoms with van der Waals surface area (Å²) < 4.78 is 107. The van der Waals surface area contributed by atoms with Crippen molar-refractivity contribution in [2.24, 2.45) is 5.92 Å². The van der Waals surface area contributed by atoms with E-state index in [1.165, 1.54) is 12.0 Å². The molecule has 41 heavy (non-hydrogen) atoms. The van der Waals surface area contributed by atoms with Gasteiger partial charge in [-0.3, -0.25) is 0 Å². The number of allylic oxidation sites excluding steroid dienone is 4. The second-order valence-corrected chi connectivity index (χ2v) is 11.2. The zero-order valence-electron chi connectivity index (χ0n) is 23.5. The highest BCUT2D eigenvalue weighted by Gasteiger charge is 2.43. The minimum absolute atomic E-state index is 0.0302. The molecule has 2 heterocycles. The zero-order chi connectivity index (χ0) is 30.4. The van der Waals surface area contributed by atoms with Crippen molar-refractivity contribution in [3.63, 3.8) is 0 Å². The molecule has 1 aromatic rings. The number of hydrogen-bond donors (Lipinski definition) is 1. The first-order valence-corrected chi connectivity index (χ1v) is 13.4. The van der Waals surface area contributed by atoms with Crippen molar-refractivity contribution in [1.29, 1.82) is 0 Å². The van der Waals surface area contributed by atoms with Crippen molar-refractivity contribution in [2.45, 2.75) is 70.7 Å². The van der Waals surface area contributed by atoms with Crippen LogP contribution in [0, 0.1) is 5.92 Å². The molecular formula is C29H35F7N2O3. The average Bonchev–Trinajstić information content (AvgIpc) is 3.15. The standard InChI is InChI=1S/C29H35F7N2O3/c1-15(2)22-11-23(25(40-5)12-24(22)30)21-6-7-37(4)13-18(21)14-38-16(3)26(41-27(38)39)17-8-19(28(31,32)33)10-20(9-17)29(34,35)36/h8-11,15-16,24,26-27,39H,6-7,12-14H2,1-5H3. The van der Waals surface area contributed by atoms with E-state index in [1.807, 2.05) is 27.0 Å². The summed E-state index contributed by atoms with van der Waals surface area (Å²) in [7, 11) is 3.40. The fraction of sp³-hybridized carbons (Fsp3) is 0.586. The molecule has 4 rings (SSSR count). The van der Waals surface area contributed by atoms with Gasteiger partial charge in [-0.2, -0.15) is 26.3 Å². The number of likely N-dealkylation sites (N-methyl/N-ethyl adjacent to an activating group) is 1. The molecule has 1 fully saturated rings. The average molecular weight is 593 g/mol. The summed E-state index contributed by atoms with van der Waals surface area (Å²) in [5.41, 5.74) is 0.00224. The Morgan fingerprint density at radius 1 is 1.07 bits per heavy atom. The van der Waals surface area contributed by atoms with Gasteiger partial charge in [0.1, 0.15) is 18.0 Å². The lowest BCUT2D eigenvalue weighted by molar-refractivity contribution is -0.150. The topological polar surface area (TPSA) is 45.2 Å². The van der Waals surface area contributed by atoms with Crippen LogP contribution in [0.3, 0.4) is 0 Å². The van der Waals surface area contributed by atoms with Crippen LogP contribution in [0.4, 0.5) is 30.7 Å². The van der Waals surface area contributed by atoms with Crippen LogP contribution in [0.5, 0.6) is 0 Å². The van der Waals surface area contributed by atoms with Gasteiger partial charge in [0.25, 0.3) is 0 Å². The van der Waals surface area contributed by atoms with Gasteiger partial charge in [0.2, 0.25) is 6.41 Å². The van der Waals surface area contributed by atoms with Gasteiger partial charge in [0.05, 0.1) is 18.2 Å². The number of alkyl halides is 7. The number of halogens is 7. The molecule has 0 spiro atoms. The summed E-state index contributed by atoms with van der Waals surface area (Å²) in [6.45, 7) is 6.75. The quantitative estimate of drug-likeness (QED) is 0.377. The molecule has 12 heteroatoms. The van der Waals surface area contributed by atoms with Crippen molar-refractivity contribution in [3.05, 3.63) is 69.0 Å². The zero-order valence-corrected chi connectivity index (χ0v) is 23.5. The highest BCUT2D eigenvalue weighted by atomic mass is 19.4. The Kier molecular flexibility index (Phi) is 8.99. The fourth-order valence-electron chi connectivity index (χ4n) is 5.80. The second kappa shape index (κ2) is 11.7. The number of ether oxygens (including phenoxy) is 2. The van der Waals surface area contributed by atoms with Crippen molar-refractivity contribution in [3.8, 4) is 0 Å².